The molecule has 8 rings (SSSR count). The van der Waals surface area contributed by atoms with Gasteiger partial charge in [0.15, 0.2) is 0 Å². The molecule has 0 aliphatic heterocycles. The Kier molecular flexibility index (Phi) is 8.37. The van der Waals surface area contributed by atoms with Gasteiger partial charge in [0.25, 0.3) is 0 Å². The molecule has 8 aromatic rings. The largest absolute Gasteiger partial charge is 0.416 e. The number of halogens is 12. The van der Waals surface area contributed by atoms with E-state index < -0.39 is 47.0 Å². The van der Waals surface area contributed by atoms with E-state index in [1.54, 1.807) is 0 Å². The van der Waals surface area contributed by atoms with Gasteiger partial charge in [0, 0.05) is 44.0 Å². The Labute approximate surface area is 317 Å². The number of alkyl halides is 12. The van der Waals surface area contributed by atoms with Gasteiger partial charge >= 0.3 is 24.7 Å². The Morgan fingerprint density at radius 3 is 0.828 bits per heavy atom. The molecule has 2 aromatic heterocycles. The molecule has 0 N–H and O–H groups in total. The van der Waals surface area contributed by atoms with Crippen LogP contribution in [0.1, 0.15) is 33.4 Å². The molecule has 58 heavy (non-hydrogen) atoms. The van der Waals surface area contributed by atoms with Gasteiger partial charge in [0.05, 0.1) is 67.6 Å². The molecule has 16 heteroatoms. The number of hydrogen-bond acceptors (Lipinski definition) is 2. The smallest absolute Gasteiger partial charge is 0.309 e. The topological polar surface area (TPSA) is 57.4 Å². The van der Waals surface area contributed by atoms with E-state index in [0.717, 1.165) is 72.8 Å². The van der Waals surface area contributed by atoms with Crippen LogP contribution in [-0.4, -0.2) is 9.13 Å². The summed E-state index contributed by atoms with van der Waals surface area (Å²) in [7, 11) is 0. The third-order valence-electron chi connectivity index (χ3n) is 9.89. The molecule has 6 aromatic carbocycles. The third-order valence-corrected chi connectivity index (χ3v) is 9.89. The number of nitrogens with zero attached hydrogens (tertiary/aromatic N) is 4. The Morgan fingerprint density at radius 1 is 0.345 bits per heavy atom. The molecule has 0 saturated carbocycles. The second kappa shape index (κ2) is 12.8. The van der Waals surface area contributed by atoms with Crippen LogP contribution in [0.3, 0.4) is 0 Å². The highest BCUT2D eigenvalue weighted by Crippen LogP contribution is 2.43. The van der Waals surface area contributed by atoms with Gasteiger partial charge in [-0.15, -0.1) is 0 Å². The van der Waals surface area contributed by atoms with E-state index in [2.05, 4.69) is 0 Å². The maximum absolute atomic E-state index is 13.8. The third kappa shape index (κ3) is 6.21. The number of benzene rings is 6. The predicted octanol–water partition coefficient (Wildman–Crippen LogP) is 13.4. The predicted molar refractivity (Wildman–Crippen MR) is 190 cm³/mol. The first kappa shape index (κ1) is 38.0. The monoisotopic (exact) mass is 806 g/mol. The summed E-state index contributed by atoms with van der Waals surface area (Å²) in [6, 6.07) is 22.7. The van der Waals surface area contributed by atoms with E-state index in [9.17, 15) is 63.2 Å². The van der Waals surface area contributed by atoms with Crippen molar-refractivity contribution in [1.29, 1.82) is 10.5 Å². The molecule has 0 amide bonds. The van der Waals surface area contributed by atoms with E-state index in [4.69, 9.17) is 0 Å². The van der Waals surface area contributed by atoms with Crippen molar-refractivity contribution >= 4 is 43.6 Å². The van der Waals surface area contributed by atoms with Crippen LogP contribution in [0.5, 0.6) is 0 Å². The standard InChI is InChI=1S/C42H18F12N4/c43-39(44,45)23-3-9-35-31(13-23)32-14-24(40(46,47)48)4-10-36(32)57(35)27-7-1-21(19-55)29(17-27)30-18-28(8-2-22(30)20-56)58-37-11-5-25(41(49,50)51)15-33(37)34-16-26(42(52,53)54)6-12-38(34)58/h1-18H. The molecule has 0 radical (unpaired) electrons. The van der Waals surface area contributed by atoms with E-state index in [1.807, 2.05) is 12.1 Å². The quantitative estimate of drug-likeness (QED) is 0.167. The zero-order valence-corrected chi connectivity index (χ0v) is 28.7. The zero-order valence-electron chi connectivity index (χ0n) is 28.7. The van der Waals surface area contributed by atoms with Crippen molar-refractivity contribution < 1.29 is 52.7 Å². The zero-order chi connectivity index (χ0) is 41.7. The second-order valence-corrected chi connectivity index (χ2v) is 13.3. The van der Waals surface area contributed by atoms with Crippen LogP contribution in [0.15, 0.2) is 109 Å². The van der Waals surface area contributed by atoms with Crippen molar-refractivity contribution in [1.82, 2.24) is 9.13 Å². The lowest BCUT2D eigenvalue weighted by atomic mass is 9.95. The van der Waals surface area contributed by atoms with Crippen molar-refractivity contribution in [2.75, 3.05) is 0 Å². The normalized spacial score (nSPS) is 12.8. The molecular weight excluding hydrogens is 788 g/mol. The lowest BCUT2D eigenvalue weighted by molar-refractivity contribution is -0.138. The SMILES string of the molecule is N#Cc1ccc(-n2c3ccc(C(F)(F)F)cc3c3cc(C(F)(F)F)ccc32)cc1-c1cc(-n2c3ccc(C(F)(F)F)cc3c3cc(C(F)(F)F)ccc32)ccc1C#N. The van der Waals surface area contributed by atoms with Gasteiger partial charge < -0.3 is 9.13 Å². The van der Waals surface area contributed by atoms with Gasteiger partial charge in [-0.25, -0.2) is 0 Å². The van der Waals surface area contributed by atoms with Crippen molar-refractivity contribution in [2.24, 2.45) is 0 Å². The summed E-state index contributed by atoms with van der Waals surface area (Å²) in [6.45, 7) is 0. The lowest BCUT2D eigenvalue weighted by Crippen LogP contribution is -2.04. The minimum absolute atomic E-state index is 0.0243. The summed E-state index contributed by atoms with van der Waals surface area (Å²) in [5.74, 6) is 0. The number of fused-ring (bicyclic) bond motifs is 6. The average Bonchev–Trinajstić information content (AvgIpc) is 3.67. The maximum atomic E-state index is 13.8. The summed E-state index contributed by atoms with van der Waals surface area (Å²) >= 11 is 0. The van der Waals surface area contributed by atoms with Crippen molar-refractivity contribution in [3.05, 3.63) is 143 Å². The maximum Gasteiger partial charge on any atom is 0.416 e. The van der Waals surface area contributed by atoms with Crippen LogP contribution in [0.4, 0.5) is 52.7 Å². The summed E-state index contributed by atoms with van der Waals surface area (Å²) in [6.07, 6.45) is -19.3. The molecule has 2 heterocycles. The lowest BCUT2D eigenvalue weighted by Gasteiger charge is -2.15. The van der Waals surface area contributed by atoms with Gasteiger partial charge in [-0.05, 0) is 109 Å². The van der Waals surface area contributed by atoms with Crippen molar-refractivity contribution in [2.45, 2.75) is 24.7 Å². The number of rotatable bonds is 3. The second-order valence-electron chi connectivity index (χ2n) is 13.3. The highest BCUT2D eigenvalue weighted by molar-refractivity contribution is 6.11. The van der Waals surface area contributed by atoms with Gasteiger partial charge in [0.1, 0.15) is 0 Å². The Hall–Kier alpha value is -6.94. The van der Waals surface area contributed by atoms with Crippen LogP contribution in [-0.2, 0) is 24.7 Å². The molecule has 0 unspecified atom stereocenters. The van der Waals surface area contributed by atoms with Crippen molar-refractivity contribution in [3.8, 4) is 34.6 Å². The number of nitriles is 2. The van der Waals surface area contributed by atoms with Crippen LogP contribution < -0.4 is 0 Å². The molecule has 0 saturated heterocycles. The van der Waals surface area contributed by atoms with E-state index in [-0.39, 0.29) is 77.2 Å². The first-order valence-corrected chi connectivity index (χ1v) is 16.7. The van der Waals surface area contributed by atoms with Gasteiger partial charge in [-0.3, -0.25) is 0 Å². The molecular formula is C42H18F12N4. The van der Waals surface area contributed by atoms with E-state index >= 15 is 0 Å². The van der Waals surface area contributed by atoms with Crippen LogP contribution in [0.25, 0.3) is 66.1 Å². The van der Waals surface area contributed by atoms with Crippen molar-refractivity contribution in [3.63, 3.8) is 0 Å². The molecule has 4 nitrogen and oxygen atoms in total. The van der Waals surface area contributed by atoms with E-state index in [0.29, 0.717) is 0 Å². The van der Waals surface area contributed by atoms with Crippen LogP contribution in [0.2, 0.25) is 0 Å². The summed E-state index contributed by atoms with van der Waals surface area (Å²) in [5, 5.41) is 19.8. The highest BCUT2D eigenvalue weighted by atomic mass is 19.4. The molecule has 0 atom stereocenters. The fraction of sp³-hybridized carbons (Fsp3) is 0.0952. The summed E-state index contributed by atoms with van der Waals surface area (Å²) in [5.41, 5.74) is -3.69. The highest BCUT2D eigenvalue weighted by Gasteiger charge is 2.35. The number of hydrogen-bond donors (Lipinski definition) is 0. The average molecular weight is 807 g/mol. The Balaban J connectivity index is 1.38. The molecule has 0 bridgehead atoms. The van der Waals surface area contributed by atoms with Gasteiger partial charge in [-0.1, -0.05) is 0 Å². The fourth-order valence-corrected chi connectivity index (χ4v) is 7.29. The van der Waals surface area contributed by atoms with Gasteiger partial charge in [0.2, 0.25) is 0 Å². The van der Waals surface area contributed by atoms with Crippen LogP contribution in [0, 0.1) is 22.7 Å². The molecule has 0 aliphatic carbocycles. The fourth-order valence-electron chi connectivity index (χ4n) is 7.29. The molecule has 0 aliphatic rings. The van der Waals surface area contributed by atoms with Gasteiger partial charge in [-0.2, -0.15) is 63.2 Å². The summed E-state index contributed by atoms with van der Waals surface area (Å²) < 4.78 is 169. The van der Waals surface area contributed by atoms with Crippen LogP contribution >= 0.6 is 0 Å². The minimum atomic E-state index is -4.83. The van der Waals surface area contributed by atoms with E-state index in [1.165, 1.54) is 45.5 Å². The summed E-state index contributed by atoms with van der Waals surface area (Å²) in [4.78, 5) is 0. The Morgan fingerprint density at radius 2 is 0.603 bits per heavy atom. The Bertz CT molecular complexity index is 2740. The number of aromatic nitrogens is 2. The minimum Gasteiger partial charge on any atom is -0.309 e. The molecule has 0 fully saturated rings. The first-order valence-electron chi connectivity index (χ1n) is 16.7. The molecule has 290 valence electrons. The first-order chi connectivity index (χ1) is 27.2. The molecule has 0 spiro atoms.